The van der Waals surface area contributed by atoms with E-state index in [0.29, 0.717) is 6.42 Å². The van der Waals surface area contributed by atoms with Gasteiger partial charge in [-0.05, 0) is 44.2 Å². The number of ether oxygens (including phenoxy) is 3. The summed E-state index contributed by atoms with van der Waals surface area (Å²) in [6, 6.07) is 1.94. The number of Topliss-reactive ketones (excluding diaryl/α,β-unsaturated/α-hetero) is 1. The van der Waals surface area contributed by atoms with E-state index in [0.717, 1.165) is 12.0 Å². The minimum atomic E-state index is -2.27. The summed E-state index contributed by atoms with van der Waals surface area (Å²) in [6.45, 7) is 6.90. The van der Waals surface area contributed by atoms with Crippen LogP contribution in [0.1, 0.15) is 58.4 Å². The number of carbonyl (C=O) groups excluding carboxylic acids is 2. The third-order valence-corrected chi connectivity index (χ3v) is 11.1. The molecule has 1 spiro atoms. The molecule has 184 valence electrons. The molecular weight excluding hydrogens is 444 g/mol. The summed E-state index contributed by atoms with van der Waals surface area (Å²) < 4.78 is 23.5. The highest BCUT2D eigenvalue weighted by Crippen LogP contribution is 2.79. The Morgan fingerprint density at radius 1 is 1.09 bits per heavy atom. The minimum absolute atomic E-state index is 0.0772. The molecular formula is C25H30O9. The summed E-state index contributed by atoms with van der Waals surface area (Å²) in [6.07, 6.45) is 1.09. The topological polar surface area (TPSA) is 139 Å². The first-order valence-corrected chi connectivity index (χ1v) is 12.0. The molecule has 3 aliphatic heterocycles. The van der Waals surface area contributed by atoms with Crippen molar-refractivity contribution in [2.24, 2.45) is 16.7 Å². The summed E-state index contributed by atoms with van der Waals surface area (Å²) in [5.74, 6) is -2.17. The van der Waals surface area contributed by atoms with Gasteiger partial charge in [0.2, 0.25) is 0 Å². The van der Waals surface area contributed by atoms with Crippen molar-refractivity contribution in [2.45, 2.75) is 99.7 Å². The smallest absolute Gasteiger partial charge is 0.339 e. The summed E-state index contributed by atoms with van der Waals surface area (Å²) >= 11 is 0. The standard InChI is InChI=1S/C25H30O9/c1-20-9-13-17(22(3,29)25(20)16(33-25)7-12(20)11-5-6-31-10-11)21(2)15(32-13)8-14(26)23(4)24(21,30)18(27)19(28)34-23/h5-6,10,12-13,15-18,27,29-30H,7-9H2,1-4H3. The third-order valence-electron chi connectivity index (χ3n) is 11.1. The van der Waals surface area contributed by atoms with Gasteiger partial charge in [-0.1, -0.05) is 13.8 Å². The van der Waals surface area contributed by atoms with Crippen LogP contribution in [0, 0.1) is 16.7 Å². The molecule has 6 aliphatic rings. The summed E-state index contributed by atoms with van der Waals surface area (Å²) in [5.41, 5.74) is -7.38. The monoisotopic (exact) mass is 474 g/mol. The lowest BCUT2D eigenvalue weighted by Crippen LogP contribution is -2.78. The van der Waals surface area contributed by atoms with E-state index in [1.165, 1.54) is 6.92 Å². The maximum atomic E-state index is 13.2. The SMILES string of the molecule is CC12OC(=O)C(O)C1(O)C1(C)C(CC2=O)OC2CC3(C)C(c4ccoc4)CC4OC43C(C)(O)C21. The number of fused-ring (bicyclic) bond motifs is 5. The highest BCUT2D eigenvalue weighted by atomic mass is 16.6. The Morgan fingerprint density at radius 3 is 2.50 bits per heavy atom. The van der Waals surface area contributed by atoms with Gasteiger partial charge in [0.25, 0.3) is 0 Å². The molecule has 4 heterocycles. The van der Waals surface area contributed by atoms with Gasteiger partial charge in [0, 0.05) is 23.2 Å². The molecule has 1 aromatic heterocycles. The second kappa shape index (κ2) is 5.62. The van der Waals surface area contributed by atoms with Crippen molar-refractivity contribution in [2.75, 3.05) is 0 Å². The molecule has 3 saturated carbocycles. The fourth-order valence-corrected chi connectivity index (χ4v) is 9.66. The van der Waals surface area contributed by atoms with Crippen molar-refractivity contribution >= 4 is 11.8 Å². The molecule has 3 saturated heterocycles. The first-order valence-electron chi connectivity index (χ1n) is 12.0. The Hall–Kier alpha value is -1.78. The number of aliphatic hydroxyl groups excluding tert-OH is 1. The maximum absolute atomic E-state index is 13.2. The quantitative estimate of drug-likeness (QED) is 0.399. The van der Waals surface area contributed by atoms with Crippen molar-refractivity contribution in [1.29, 1.82) is 0 Å². The Morgan fingerprint density at radius 2 is 1.82 bits per heavy atom. The van der Waals surface area contributed by atoms with Crippen LogP contribution in [0.25, 0.3) is 0 Å². The number of ketones is 1. The van der Waals surface area contributed by atoms with E-state index in [1.54, 1.807) is 26.4 Å². The first-order chi connectivity index (χ1) is 15.8. The summed E-state index contributed by atoms with van der Waals surface area (Å²) in [7, 11) is 0. The van der Waals surface area contributed by atoms with E-state index in [-0.39, 0.29) is 18.4 Å². The Balaban J connectivity index is 1.40. The van der Waals surface area contributed by atoms with Gasteiger partial charge in [-0.25, -0.2) is 4.79 Å². The van der Waals surface area contributed by atoms with E-state index in [9.17, 15) is 24.9 Å². The number of esters is 1. The largest absolute Gasteiger partial charge is 0.472 e. The van der Waals surface area contributed by atoms with Crippen LogP contribution in [0.15, 0.2) is 23.0 Å². The molecule has 3 aliphatic carbocycles. The van der Waals surface area contributed by atoms with Crippen LogP contribution in [0.5, 0.6) is 0 Å². The van der Waals surface area contributed by atoms with E-state index in [1.807, 2.05) is 6.07 Å². The van der Waals surface area contributed by atoms with Crippen molar-refractivity contribution in [3.63, 3.8) is 0 Å². The predicted molar refractivity (Wildman–Crippen MR) is 112 cm³/mol. The molecule has 1 aromatic rings. The van der Waals surface area contributed by atoms with Crippen LogP contribution in [0.3, 0.4) is 0 Å². The van der Waals surface area contributed by atoms with E-state index in [2.05, 4.69) is 6.92 Å². The Bertz CT molecular complexity index is 1130. The highest BCUT2D eigenvalue weighted by Gasteiger charge is 2.91. The summed E-state index contributed by atoms with van der Waals surface area (Å²) in [5, 5.41) is 35.5. The zero-order valence-corrected chi connectivity index (χ0v) is 19.6. The lowest BCUT2D eigenvalue weighted by Gasteiger charge is -2.61. The molecule has 0 radical (unpaired) electrons. The molecule has 9 heteroatoms. The average molecular weight is 475 g/mol. The van der Waals surface area contributed by atoms with Gasteiger partial charge in [0.15, 0.2) is 23.1 Å². The molecule has 7 rings (SSSR count). The van der Waals surface area contributed by atoms with Crippen molar-refractivity contribution in [3.05, 3.63) is 24.2 Å². The van der Waals surface area contributed by atoms with Crippen LogP contribution in [0.4, 0.5) is 0 Å². The molecule has 34 heavy (non-hydrogen) atoms. The fraction of sp³-hybridized carbons (Fsp3) is 0.760. The van der Waals surface area contributed by atoms with Gasteiger partial charge in [-0.2, -0.15) is 0 Å². The number of rotatable bonds is 1. The Labute approximate surface area is 196 Å². The van der Waals surface area contributed by atoms with E-state index < -0.39 is 69.2 Å². The molecule has 0 amide bonds. The van der Waals surface area contributed by atoms with Gasteiger partial charge in [0.1, 0.15) is 5.60 Å². The van der Waals surface area contributed by atoms with Crippen LogP contribution in [-0.2, 0) is 23.8 Å². The van der Waals surface area contributed by atoms with Gasteiger partial charge in [-0.3, -0.25) is 4.79 Å². The van der Waals surface area contributed by atoms with Crippen LogP contribution in [0.2, 0.25) is 0 Å². The van der Waals surface area contributed by atoms with Gasteiger partial charge in [0.05, 0.1) is 36.4 Å². The molecule has 6 fully saturated rings. The van der Waals surface area contributed by atoms with Crippen molar-refractivity contribution < 1.29 is 43.5 Å². The number of aliphatic hydroxyl groups is 3. The number of hydrogen-bond donors (Lipinski definition) is 3. The van der Waals surface area contributed by atoms with Crippen molar-refractivity contribution in [1.82, 2.24) is 0 Å². The summed E-state index contributed by atoms with van der Waals surface area (Å²) in [4.78, 5) is 25.7. The highest BCUT2D eigenvalue weighted by molar-refractivity contribution is 5.97. The van der Waals surface area contributed by atoms with Gasteiger partial charge in [-0.15, -0.1) is 0 Å². The maximum Gasteiger partial charge on any atom is 0.339 e. The van der Waals surface area contributed by atoms with Gasteiger partial charge >= 0.3 is 5.97 Å². The molecule has 0 aromatic carbocycles. The van der Waals surface area contributed by atoms with Gasteiger partial charge < -0.3 is 33.9 Å². The molecule has 12 unspecified atom stereocenters. The molecule has 12 atom stereocenters. The zero-order valence-electron chi connectivity index (χ0n) is 19.6. The molecule has 9 nitrogen and oxygen atoms in total. The zero-order chi connectivity index (χ0) is 24.3. The lowest BCUT2D eigenvalue weighted by atomic mass is 9.43. The fourth-order valence-electron chi connectivity index (χ4n) is 9.66. The van der Waals surface area contributed by atoms with Crippen molar-refractivity contribution in [3.8, 4) is 0 Å². The van der Waals surface area contributed by atoms with Crippen LogP contribution < -0.4 is 0 Å². The second-order valence-corrected chi connectivity index (χ2v) is 12.1. The molecule has 0 bridgehead atoms. The normalized spacial score (nSPS) is 61.3. The number of epoxide rings is 1. The number of hydrogen-bond acceptors (Lipinski definition) is 9. The second-order valence-electron chi connectivity index (χ2n) is 12.1. The van der Waals surface area contributed by atoms with E-state index >= 15 is 0 Å². The van der Waals surface area contributed by atoms with Crippen LogP contribution >= 0.6 is 0 Å². The molecule has 3 N–H and O–H groups in total. The predicted octanol–water partition coefficient (Wildman–Crippen LogP) is 0.836. The van der Waals surface area contributed by atoms with E-state index in [4.69, 9.17) is 18.6 Å². The average Bonchev–Trinajstić information content (AvgIpc) is 3.00. The Kier molecular flexibility index (Phi) is 3.55. The minimum Gasteiger partial charge on any atom is -0.472 e. The first kappa shape index (κ1) is 21.5. The lowest BCUT2D eigenvalue weighted by molar-refractivity contribution is -0.259. The van der Waals surface area contributed by atoms with Crippen LogP contribution in [-0.4, -0.2) is 73.9 Å². The number of carbonyl (C=O) groups is 2. The number of furan rings is 1. The third kappa shape index (κ3) is 1.79.